The first-order valence-electron chi connectivity index (χ1n) is 9.72. The molecule has 0 N–H and O–H groups in total. The van der Waals surface area contributed by atoms with Gasteiger partial charge in [0.05, 0.1) is 0 Å². The Labute approximate surface area is 178 Å². The van der Waals surface area contributed by atoms with Gasteiger partial charge in [0.25, 0.3) is 0 Å². The molecule has 0 fully saturated rings. The standard InChI is InChI=1S/C26H10F4S/c27-22-20-13-7-6-12-16-10-17(11-4-2-1-3-5-11)31-26(16)15-9-8-14(19(13)18(12)15)21(20)23(28)25(30)24(22)29/h1-10H. The maximum Gasteiger partial charge on any atom is 0.198 e. The predicted molar refractivity (Wildman–Crippen MR) is 116 cm³/mol. The highest BCUT2D eigenvalue weighted by molar-refractivity contribution is 7.19. The minimum atomic E-state index is -1.78. The van der Waals surface area contributed by atoms with Gasteiger partial charge in [0.15, 0.2) is 23.3 Å². The second-order valence-corrected chi connectivity index (χ2v) is 8.85. The highest BCUT2D eigenvalue weighted by Gasteiger charge is 2.36. The molecular formula is C26H10F4S. The molecule has 0 atom stereocenters. The summed E-state index contributed by atoms with van der Waals surface area (Å²) in [6, 6.07) is 19.3. The third kappa shape index (κ3) is 1.95. The van der Waals surface area contributed by atoms with Crippen molar-refractivity contribution < 1.29 is 17.6 Å². The normalized spacial score (nSPS) is 12.5. The molecule has 0 unspecified atom stereocenters. The Bertz CT molecular complexity index is 1520. The Kier molecular flexibility index (Phi) is 3.13. The third-order valence-corrected chi connectivity index (χ3v) is 7.51. The number of fused-ring (bicyclic) bond motifs is 6. The molecule has 4 aromatic carbocycles. The van der Waals surface area contributed by atoms with Gasteiger partial charge in [0.1, 0.15) is 0 Å². The van der Waals surface area contributed by atoms with Crippen LogP contribution in [0.15, 0.2) is 60.7 Å². The average Bonchev–Trinajstić information content (AvgIpc) is 3.45. The van der Waals surface area contributed by atoms with Crippen molar-refractivity contribution in [1.29, 1.82) is 0 Å². The summed E-state index contributed by atoms with van der Waals surface area (Å²) in [5.41, 5.74) is 4.55. The van der Waals surface area contributed by atoms with E-state index in [4.69, 9.17) is 0 Å². The lowest BCUT2D eigenvalue weighted by Gasteiger charge is -2.07. The molecule has 2 aliphatic carbocycles. The lowest BCUT2D eigenvalue weighted by Crippen LogP contribution is -2.00. The summed E-state index contributed by atoms with van der Waals surface area (Å²) < 4.78 is 57.4. The van der Waals surface area contributed by atoms with Gasteiger partial charge in [-0.05, 0) is 39.1 Å². The molecule has 7 rings (SSSR count). The number of hydrogen-bond donors (Lipinski definition) is 0. The van der Waals surface area contributed by atoms with Crippen molar-refractivity contribution >= 4 is 22.1 Å². The number of thiophene rings is 1. The Balaban J connectivity index is 1.55. The quantitative estimate of drug-likeness (QED) is 0.139. The maximum absolute atomic E-state index is 14.7. The van der Waals surface area contributed by atoms with Crippen LogP contribution in [-0.2, 0) is 0 Å². The Morgan fingerprint density at radius 1 is 0.516 bits per heavy atom. The molecule has 2 aliphatic rings. The lowest BCUT2D eigenvalue weighted by molar-refractivity contribution is 0.413. The van der Waals surface area contributed by atoms with Gasteiger partial charge in [-0.25, -0.2) is 17.6 Å². The highest BCUT2D eigenvalue weighted by atomic mass is 32.1. The van der Waals surface area contributed by atoms with Crippen molar-refractivity contribution in [1.82, 2.24) is 0 Å². The van der Waals surface area contributed by atoms with E-state index >= 15 is 0 Å². The van der Waals surface area contributed by atoms with Crippen molar-refractivity contribution in [2.45, 2.75) is 0 Å². The predicted octanol–water partition coefficient (Wildman–Crippen LogP) is 8.42. The van der Waals surface area contributed by atoms with Crippen LogP contribution in [0.1, 0.15) is 0 Å². The fourth-order valence-electron chi connectivity index (χ4n) is 5.00. The zero-order chi connectivity index (χ0) is 21.0. The van der Waals surface area contributed by atoms with E-state index in [1.165, 1.54) is 0 Å². The van der Waals surface area contributed by atoms with Crippen LogP contribution >= 0.6 is 11.3 Å². The second kappa shape index (κ2) is 5.62. The van der Waals surface area contributed by atoms with Crippen molar-refractivity contribution in [3.8, 4) is 54.3 Å². The monoisotopic (exact) mass is 430 g/mol. The minimum absolute atomic E-state index is 0.199. The molecule has 0 saturated carbocycles. The van der Waals surface area contributed by atoms with E-state index in [1.807, 2.05) is 30.3 Å². The van der Waals surface area contributed by atoms with Crippen LogP contribution in [-0.4, -0.2) is 0 Å². The Hall–Kier alpha value is -3.44. The summed E-state index contributed by atoms with van der Waals surface area (Å²) >= 11 is 1.66. The van der Waals surface area contributed by atoms with Crippen LogP contribution in [0, 0.1) is 23.3 Å². The highest BCUT2D eigenvalue weighted by Crippen LogP contribution is 2.59. The first-order chi connectivity index (χ1) is 15.1. The molecule has 5 heteroatoms. The van der Waals surface area contributed by atoms with E-state index in [-0.39, 0.29) is 11.1 Å². The number of halogens is 4. The summed E-state index contributed by atoms with van der Waals surface area (Å²) in [7, 11) is 0. The second-order valence-electron chi connectivity index (χ2n) is 7.80. The summed E-state index contributed by atoms with van der Waals surface area (Å²) in [5.74, 6) is -6.24. The SMILES string of the molecule is Fc1c(F)c(F)c2c(c1F)-c1ccc3c4c(ccc-2c14)-c1sc(-c2ccccc2)cc1-3. The Morgan fingerprint density at radius 3 is 1.71 bits per heavy atom. The van der Waals surface area contributed by atoms with Gasteiger partial charge in [-0.3, -0.25) is 0 Å². The van der Waals surface area contributed by atoms with Gasteiger partial charge >= 0.3 is 0 Å². The molecule has 5 aromatic rings. The molecule has 1 aromatic heterocycles. The van der Waals surface area contributed by atoms with Crippen molar-refractivity contribution in [2.24, 2.45) is 0 Å². The van der Waals surface area contributed by atoms with Crippen LogP contribution in [0.4, 0.5) is 17.6 Å². The van der Waals surface area contributed by atoms with Crippen LogP contribution in [0.5, 0.6) is 0 Å². The molecule has 31 heavy (non-hydrogen) atoms. The first kappa shape index (κ1) is 17.3. The van der Waals surface area contributed by atoms with E-state index in [2.05, 4.69) is 18.2 Å². The molecule has 0 saturated heterocycles. The van der Waals surface area contributed by atoms with E-state index in [1.54, 1.807) is 23.5 Å². The number of hydrogen-bond acceptors (Lipinski definition) is 1. The van der Waals surface area contributed by atoms with Gasteiger partial charge in [-0.2, -0.15) is 0 Å². The Morgan fingerprint density at radius 2 is 1.06 bits per heavy atom. The topological polar surface area (TPSA) is 0 Å². The van der Waals surface area contributed by atoms with Gasteiger partial charge in [-0.15, -0.1) is 11.3 Å². The molecule has 1 heterocycles. The molecule has 148 valence electrons. The summed E-state index contributed by atoms with van der Waals surface area (Å²) in [6.45, 7) is 0. The fourth-order valence-corrected chi connectivity index (χ4v) is 6.21. The fraction of sp³-hybridized carbons (Fsp3) is 0. The third-order valence-electron chi connectivity index (χ3n) is 6.29. The summed E-state index contributed by atoms with van der Waals surface area (Å²) in [6.07, 6.45) is 0. The zero-order valence-electron chi connectivity index (χ0n) is 15.7. The van der Waals surface area contributed by atoms with Gasteiger partial charge < -0.3 is 0 Å². The largest absolute Gasteiger partial charge is 0.203 e. The molecule has 0 amide bonds. The van der Waals surface area contributed by atoms with Crippen LogP contribution in [0.2, 0.25) is 0 Å². The maximum atomic E-state index is 14.7. The van der Waals surface area contributed by atoms with Crippen LogP contribution < -0.4 is 0 Å². The number of benzene rings is 4. The first-order valence-corrected chi connectivity index (χ1v) is 10.5. The van der Waals surface area contributed by atoms with Crippen LogP contribution in [0.3, 0.4) is 0 Å². The number of rotatable bonds is 1. The van der Waals surface area contributed by atoms with E-state index < -0.39 is 23.3 Å². The molecule has 0 aliphatic heterocycles. The van der Waals surface area contributed by atoms with Crippen molar-refractivity contribution in [2.75, 3.05) is 0 Å². The average molecular weight is 430 g/mol. The van der Waals surface area contributed by atoms with Gasteiger partial charge in [0, 0.05) is 32.0 Å². The van der Waals surface area contributed by atoms with Gasteiger partial charge in [0.2, 0.25) is 0 Å². The molecule has 0 nitrogen and oxygen atoms in total. The summed E-state index contributed by atoms with van der Waals surface area (Å²) in [4.78, 5) is 2.23. The lowest BCUT2D eigenvalue weighted by atomic mass is 9.97. The van der Waals surface area contributed by atoms with E-state index in [9.17, 15) is 17.6 Å². The smallest absolute Gasteiger partial charge is 0.198 e. The molecule has 0 spiro atoms. The molecular weight excluding hydrogens is 420 g/mol. The van der Waals surface area contributed by atoms with E-state index in [0.29, 0.717) is 16.5 Å². The van der Waals surface area contributed by atoms with Crippen molar-refractivity contribution in [3.05, 3.63) is 83.9 Å². The zero-order valence-corrected chi connectivity index (χ0v) is 16.5. The molecule has 0 bridgehead atoms. The molecule has 0 radical (unpaired) electrons. The van der Waals surface area contributed by atoms with Gasteiger partial charge in [-0.1, -0.05) is 54.6 Å². The summed E-state index contributed by atoms with van der Waals surface area (Å²) in [5, 5.41) is 1.53. The van der Waals surface area contributed by atoms with Crippen LogP contribution in [0.25, 0.3) is 65.0 Å². The minimum Gasteiger partial charge on any atom is -0.203 e. The van der Waals surface area contributed by atoms with Crippen molar-refractivity contribution in [3.63, 3.8) is 0 Å². The van der Waals surface area contributed by atoms with E-state index in [0.717, 1.165) is 37.4 Å².